The fraction of sp³-hybridized carbons (Fsp3) is 0.500. The van der Waals surface area contributed by atoms with E-state index >= 15 is 0 Å². The second-order valence-electron chi connectivity index (χ2n) is 5.23. The van der Waals surface area contributed by atoms with Gasteiger partial charge >= 0.3 is 5.97 Å². The highest BCUT2D eigenvalue weighted by atomic mass is 16.5. The predicted molar refractivity (Wildman–Crippen MR) is 79.5 cm³/mol. The molecule has 1 fully saturated rings. The van der Waals surface area contributed by atoms with Gasteiger partial charge in [-0.05, 0) is 31.0 Å². The van der Waals surface area contributed by atoms with Gasteiger partial charge < -0.3 is 14.8 Å². The monoisotopic (exact) mass is 291 g/mol. The Morgan fingerprint density at radius 2 is 1.86 bits per heavy atom. The summed E-state index contributed by atoms with van der Waals surface area (Å²) >= 11 is 0. The lowest BCUT2D eigenvalue weighted by molar-refractivity contribution is -0.120. The number of benzene rings is 1. The van der Waals surface area contributed by atoms with Crippen molar-refractivity contribution in [1.82, 2.24) is 0 Å². The fourth-order valence-electron chi connectivity index (χ4n) is 2.64. The molecule has 0 atom stereocenters. The van der Waals surface area contributed by atoms with Gasteiger partial charge in [0, 0.05) is 5.92 Å². The van der Waals surface area contributed by atoms with Gasteiger partial charge in [-0.3, -0.25) is 4.79 Å². The molecule has 5 nitrogen and oxygen atoms in total. The summed E-state index contributed by atoms with van der Waals surface area (Å²) in [7, 11) is 2.84. The smallest absolute Gasteiger partial charge is 0.340 e. The van der Waals surface area contributed by atoms with Crippen LogP contribution in [0.5, 0.6) is 5.75 Å². The number of carbonyl (C=O) groups excluding carboxylic acids is 2. The molecule has 1 aromatic rings. The number of carbonyl (C=O) groups is 2. The molecule has 1 N–H and O–H groups in total. The minimum Gasteiger partial charge on any atom is -0.497 e. The van der Waals surface area contributed by atoms with E-state index in [4.69, 9.17) is 9.47 Å². The van der Waals surface area contributed by atoms with Crippen LogP contribution in [0.2, 0.25) is 0 Å². The molecule has 0 saturated heterocycles. The quantitative estimate of drug-likeness (QED) is 0.866. The van der Waals surface area contributed by atoms with Crippen molar-refractivity contribution in [2.24, 2.45) is 5.92 Å². The molecule has 0 radical (unpaired) electrons. The largest absolute Gasteiger partial charge is 0.497 e. The van der Waals surface area contributed by atoms with Crippen molar-refractivity contribution in [3.63, 3.8) is 0 Å². The summed E-state index contributed by atoms with van der Waals surface area (Å²) in [6, 6.07) is 4.96. The zero-order chi connectivity index (χ0) is 15.2. The third-order valence-corrected chi connectivity index (χ3v) is 3.87. The van der Waals surface area contributed by atoms with Crippen molar-refractivity contribution in [3.8, 4) is 5.75 Å². The molecule has 114 valence electrons. The number of rotatable bonds is 4. The Bertz CT molecular complexity index is 521. The summed E-state index contributed by atoms with van der Waals surface area (Å²) in [5.74, 6) is 0.0651. The van der Waals surface area contributed by atoms with E-state index in [-0.39, 0.29) is 11.8 Å². The fourth-order valence-corrected chi connectivity index (χ4v) is 2.64. The lowest BCUT2D eigenvalue weighted by Crippen LogP contribution is -2.25. The Morgan fingerprint density at radius 1 is 1.14 bits per heavy atom. The van der Waals surface area contributed by atoms with Crippen LogP contribution in [0.25, 0.3) is 0 Å². The number of esters is 1. The van der Waals surface area contributed by atoms with Gasteiger partial charge in [0.2, 0.25) is 5.91 Å². The van der Waals surface area contributed by atoms with Crippen LogP contribution in [0.3, 0.4) is 0 Å². The maximum Gasteiger partial charge on any atom is 0.340 e. The number of hydrogen-bond donors (Lipinski definition) is 1. The predicted octanol–water partition coefficient (Wildman–Crippen LogP) is 3.00. The minimum absolute atomic E-state index is 0.0231. The maximum atomic E-state index is 12.3. The lowest BCUT2D eigenvalue weighted by atomic mass is 9.88. The summed E-state index contributed by atoms with van der Waals surface area (Å²) in [6.45, 7) is 0. The van der Waals surface area contributed by atoms with Crippen molar-refractivity contribution in [2.75, 3.05) is 19.5 Å². The zero-order valence-electron chi connectivity index (χ0n) is 12.5. The molecule has 0 bridgehead atoms. The van der Waals surface area contributed by atoms with Crippen molar-refractivity contribution >= 4 is 17.6 Å². The Hall–Kier alpha value is -2.04. The third-order valence-electron chi connectivity index (χ3n) is 3.87. The molecule has 21 heavy (non-hydrogen) atoms. The Labute approximate surface area is 124 Å². The summed E-state index contributed by atoms with van der Waals surface area (Å²) in [5.41, 5.74) is 0.777. The summed E-state index contributed by atoms with van der Waals surface area (Å²) in [6.07, 6.45) is 5.19. The van der Waals surface area contributed by atoms with Gasteiger partial charge in [0.05, 0.1) is 25.5 Å². The van der Waals surface area contributed by atoms with Crippen LogP contribution in [-0.4, -0.2) is 26.1 Å². The number of amides is 1. The van der Waals surface area contributed by atoms with Gasteiger partial charge in [0.25, 0.3) is 0 Å². The molecule has 2 rings (SSSR count). The van der Waals surface area contributed by atoms with Crippen LogP contribution < -0.4 is 10.1 Å². The summed E-state index contributed by atoms with van der Waals surface area (Å²) in [4.78, 5) is 24.1. The normalized spacial score (nSPS) is 15.3. The standard InChI is InChI=1S/C16H21NO4/c1-20-12-8-9-14(13(10-12)16(19)21-2)17-15(18)11-6-4-3-5-7-11/h8-11H,3-7H2,1-2H3,(H,17,18). The van der Waals surface area contributed by atoms with Crippen molar-refractivity contribution in [1.29, 1.82) is 0 Å². The van der Waals surface area contributed by atoms with E-state index < -0.39 is 5.97 Å². The van der Waals surface area contributed by atoms with Crippen molar-refractivity contribution in [3.05, 3.63) is 23.8 Å². The number of hydrogen-bond acceptors (Lipinski definition) is 4. The number of anilines is 1. The van der Waals surface area contributed by atoms with Gasteiger partial charge in [-0.25, -0.2) is 4.79 Å². The van der Waals surface area contributed by atoms with E-state index in [1.807, 2.05) is 0 Å². The Kier molecular flexibility index (Phi) is 5.20. The van der Waals surface area contributed by atoms with Gasteiger partial charge in [-0.1, -0.05) is 19.3 Å². The topological polar surface area (TPSA) is 64.6 Å². The second kappa shape index (κ2) is 7.11. The summed E-state index contributed by atoms with van der Waals surface area (Å²) < 4.78 is 9.86. The first-order valence-electron chi connectivity index (χ1n) is 7.23. The first-order valence-corrected chi connectivity index (χ1v) is 7.23. The first-order chi connectivity index (χ1) is 10.2. The lowest BCUT2D eigenvalue weighted by Gasteiger charge is -2.21. The number of methoxy groups -OCH3 is 2. The molecule has 0 heterocycles. The summed E-state index contributed by atoms with van der Waals surface area (Å²) in [5, 5.41) is 2.85. The van der Waals surface area contributed by atoms with E-state index in [1.54, 1.807) is 18.2 Å². The molecule has 0 aromatic heterocycles. The zero-order valence-corrected chi connectivity index (χ0v) is 12.5. The van der Waals surface area contributed by atoms with Crippen LogP contribution in [0.1, 0.15) is 42.5 Å². The van der Waals surface area contributed by atoms with Gasteiger partial charge in [-0.2, -0.15) is 0 Å². The molecule has 0 spiro atoms. The maximum absolute atomic E-state index is 12.3. The highest BCUT2D eigenvalue weighted by Gasteiger charge is 2.23. The first kappa shape index (κ1) is 15.4. The average molecular weight is 291 g/mol. The van der Waals surface area contributed by atoms with E-state index in [9.17, 15) is 9.59 Å². The molecule has 1 aromatic carbocycles. The Morgan fingerprint density at radius 3 is 2.48 bits per heavy atom. The van der Waals surface area contributed by atoms with Gasteiger partial charge in [-0.15, -0.1) is 0 Å². The number of nitrogens with one attached hydrogen (secondary N) is 1. The van der Waals surface area contributed by atoms with Crippen LogP contribution in [0.15, 0.2) is 18.2 Å². The highest BCUT2D eigenvalue weighted by Crippen LogP contribution is 2.27. The van der Waals surface area contributed by atoms with Crippen LogP contribution in [0.4, 0.5) is 5.69 Å². The van der Waals surface area contributed by atoms with Gasteiger partial charge in [0.1, 0.15) is 5.75 Å². The third kappa shape index (κ3) is 3.74. The van der Waals surface area contributed by atoms with Crippen LogP contribution in [-0.2, 0) is 9.53 Å². The SMILES string of the molecule is COC(=O)c1cc(OC)ccc1NC(=O)C1CCCCC1. The molecule has 1 aliphatic rings. The molecule has 0 aliphatic heterocycles. The van der Waals surface area contributed by atoms with Gasteiger partial charge in [0.15, 0.2) is 0 Å². The molecular weight excluding hydrogens is 270 g/mol. The molecule has 1 amide bonds. The van der Waals surface area contributed by atoms with Crippen molar-refractivity contribution < 1.29 is 19.1 Å². The van der Waals surface area contributed by atoms with E-state index in [0.717, 1.165) is 25.7 Å². The van der Waals surface area contributed by atoms with E-state index in [1.165, 1.54) is 20.6 Å². The van der Waals surface area contributed by atoms with Crippen LogP contribution in [0, 0.1) is 5.92 Å². The second-order valence-corrected chi connectivity index (χ2v) is 5.23. The van der Waals surface area contributed by atoms with E-state index in [0.29, 0.717) is 17.0 Å². The average Bonchev–Trinajstić information content (AvgIpc) is 2.55. The molecule has 1 aliphatic carbocycles. The van der Waals surface area contributed by atoms with Crippen LogP contribution >= 0.6 is 0 Å². The molecule has 1 saturated carbocycles. The van der Waals surface area contributed by atoms with Crippen molar-refractivity contribution in [2.45, 2.75) is 32.1 Å². The number of ether oxygens (including phenoxy) is 2. The van der Waals surface area contributed by atoms with E-state index in [2.05, 4.69) is 5.32 Å². The molecular formula is C16H21NO4. The minimum atomic E-state index is -0.493. The highest BCUT2D eigenvalue weighted by molar-refractivity contribution is 6.02. The molecule has 0 unspecified atom stereocenters. The molecule has 5 heteroatoms. The Balaban J connectivity index is 2.18.